The molecule has 1 aromatic carbocycles. The molecule has 4 atom stereocenters. The highest BCUT2D eigenvalue weighted by Crippen LogP contribution is 2.21. The predicted octanol–water partition coefficient (Wildman–Crippen LogP) is 2.92. The molecule has 1 fully saturated rings. The van der Waals surface area contributed by atoms with Gasteiger partial charge < -0.3 is 10.2 Å². The van der Waals surface area contributed by atoms with E-state index in [9.17, 15) is 9.00 Å². The van der Waals surface area contributed by atoms with E-state index < -0.39 is 10.8 Å². The second-order valence-electron chi connectivity index (χ2n) is 6.26. The Labute approximate surface area is 135 Å². The van der Waals surface area contributed by atoms with Crippen molar-refractivity contribution in [2.45, 2.75) is 52.0 Å². The summed E-state index contributed by atoms with van der Waals surface area (Å²) in [5.41, 5.74) is 3.52. The van der Waals surface area contributed by atoms with E-state index in [1.54, 1.807) is 0 Å². The third kappa shape index (κ3) is 3.51. The molecule has 0 spiro atoms. The van der Waals surface area contributed by atoms with Crippen molar-refractivity contribution in [3.05, 3.63) is 34.9 Å². The minimum atomic E-state index is -0.829. The van der Waals surface area contributed by atoms with Crippen LogP contribution in [0.3, 0.4) is 0 Å². The number of amides is 2. The van der Waals surface area contributed by atoms with Crippen LogP contribution >= 0.6 is 0 Å². The molecule has 0 radical (unpaired) electrons. The molecule has 4 nitrogen and oxygen atoms in total. The number of hydrogen-bond acceptors (Lipinski definition) is 2. The van der Waals surface area contributed by atoms with Gasteiger partial charge in [0.15, 0.2) is 0 Å². The van der Waals surface area contributed by atoms with Gasteiger partial charge in [-0.15, -0.1) is 0 Å². The molecule has 1 aliphatic heterocycles. The molecule has 1 saturated heterocycles. The van der Waals surface area contributed by atoms with Crippen LogP contribution in [0, 0.1) is 13.8 Å². The lowest BCUT2D eigenvalue weighted by Gasteiger charge is -2.37. The molecule has 1 heterocycles. The molecule has 2 amide bonds. The van der Waals surface area contributed by atoms with Crippen molar-refractivity contribution in [3.8, 4) is 0 Å². The van der Waals surface area contributed by atoms with Crippen molar-refractivity contribution in [3.63, 3.8) is 0 Å². The Balaban J connectivity index is 2.08. The van der Waals surface area contributed by atoms with Crippen LogP contribution in [0.4, 0.5) is 4.79 Å². The zero-order chi connectivity index (χ0) is 16.4. The van der Waals surface area contributed by atoms with Crippen LogP contribution in [0.5, 0.6) is 0 Å². The molecule has 1 aliphatic rings. The molecule has 1 N–H and O–H groups in total. The van der Waals surface area contributed by atoms with Crippen molar-refractivity contribution in [1.29, 1.82) is 0 Å². The van der Waals surface area contributed by atoms with E-state index in [0.29, 0.717) is 12.3 Å². The average Bonchev–Trinajstić information content (AvgIpc) is 2.47. The van der Waals surface area contributed by atoms with Crippen molar-refractivity contribution in [2.75, 3.05) is 12.3 Å². The lowest BCUT2D eigenvalue weighted by molar-refractivity contribution is 0.176. The van der Waals surface area contributed by atoms with Crippen molar-refractivity contribution < 1.29 is 9.00 Å². The van der Waals surface area contributed by atoms with Crippen LogP contribution in [0.25, 0.3) is 0 Å². The fourth-order valence-electron chi connectivity index (χ4n) is 2.91. The highest BCUT2D eigenvalue weighted by atomic mass is 32.2. The maximum atomic E-state index is 12.6. The van der Waals surface area contributed by atoms with E-state index in [-0.39, 0.29) is 23.4 Å². The van der Waals surface area contributed by atoms with Gasteiger partial charge in [-0.05, 0) is 45.7 Å². The van der Waals surface area contributed by atoms with Gasteiger partial charge in [0, 0.05) is 29.1 Å². The Morgan fingerprint density at radius 2 is 2.05 bits per heavy atom. The molecule has 0 aliphatic carbocycles. The lowest BCUT2D eigenvalue weighted by Crippen LogP contribution is -2.55. The average molecular weight is 322 g/mol. The van der Waals surface area contributed by atoms with Gasteiger partial charge in [-0.2, -0.15) is 0 Å². The van der Waals surface area contributed by atoms with Crippen LogP contribution in [-0.2, 0) is 10.8 Å². The highest BCUT2D eigenvalue weighted by molar-refractivity contribution is 7.85. The first-order valence-electron chi connectivity index (χ1n) is 7.82. The van der Waals surface area contributed by atoms with E-state index >= 15 is 0 Å². The van der Waals surface area contributed by atoms with Gasteiger partial charge in [0.25, 0.3) is 0 Å². The molecule has 2 rings (SSSR count). The van der Waals surface area contributed by atoms with Gasteiger partial charge in [-0.3, -0.25) is 4.21 Å². The van der Waals surface area contributed by atoms with Gasteiger partial charge in [0.2, 0.25) is 0 Å². The summed E-state index contributed by atoms with van der Waals surface area (Å²) in [6.07, 6.45) is 0. The van der Waals surface area contributed by atoms with Crippen molar-refractivity contribution in [1.82, 2.24) is 10.2 Å². The minimum absolute atomic E-state index is 0.000361. The number of carbonyl (C=O) groups is 1. The van der Waals surface area contributed by atoms with Crippen LogP contribution in [-0.4, -0.2) is 38.7 Å². The Morgan fingerprint density at radius 3 is 2.73 bits per heavy atom. The van der Waals surface area contributed by atoms with Crippen molar-refractivity contribution >= 4 is 16.8 Å². The van der Waals surface area contributed by atoms with E-state index in [0.717, 1.165) is 5.56 Å². The molecule has 5 heteroatoms. The minimum Gasteiger partial charge on any atom is -0.331 e. The SMILES string of the molecule is Cc1ccc(C)c([C@H](C)NC(=O)N2CC[S@@](=O)[C@H](C)[C@@H]2C)c1. The van der Waals surface area contributed by atoms with Gasteiger partial charge in [0.1, 0.15) is 0 Å². The lowest BCUT2D eigenvalue weighted by atomic mass is 10.00. The number of nitrogens with one attached hydrogen (secondary N) is 1. The Kier molecular flexibility index (Phi) is 5.27. The third-order valence-corrected chi connectivity index (χ3v) is 6.43. The number of nitrogens with zero attached hydrogens (tertiary/aromatic N) is 1. The number of urea groups is 1. The first-order chi connectivity index (χ1) is 10.3. The molecular formula is C17H26N2O2S. The molecule has 0 saturated carbocycles. The van der Waals surface area contributed by atoms with E-state index in [2.05, 4.69) is 37.4 Å². The standard InChI is InChI=1S/C17H26N2O2S/c1-11-6-7-12(2)16(10-11)13(3)18-17(20)19-8-9-22(21)15(5)14(19)4/h6-7,10,13-15H,8-9H2,1-5H3,(H,18,20)/t13-,14-,15+,22+/m0/s1. The second-order valence-corrected chi connectivity index (χ2v) is 8.17. The monoisotopic (exact) mass is 322 g/mol. The summed E-state index contributed by atoms with van der Waals surface area (Å²) < 4.78 is 11.9. The van der Waals surface area contributed by atoms with Crippen molar-refractivity contribution in [2.24, 2.45) is 0 Å². The van der Waals surface area contributed by atoms with Gasteiger partial charge >= 0.3 is 6.03 Å². The zero-order valence-corrected chi connectivity index (χ0v) is 14.9. The molecular weight excluding hydrogens is 296 g/mol. The smallest absolute Gasteiger partial charge is 0.318 e. The van der Waals surface area contributed by atoms with Crippen LogP contribution in [0.2, 0.25) is 0 Å². The quantitative estimate of drug-likeness (QED) is 0.910. The van der Waals surface area contributed by atoms with Gasteiger partial charge in [-0.25, -0.2) is 4.79 Å². The van der Waals surface area contributed by atoms with Gasteiger partial charge in [0.05, 0.1) is 11.3 Å². The Morgan fingerprint density at radius 1 is 1.36 bits per heavy atom. The van der Waals surface area contributed by atoms with Gasteiger partial charge in [-0.1, -0.05) is 23.8 Å². The fraction of sp³-hybridized carbons (Fsp3) is 0.588. The first-order valence-corrected chi connectivity index (χ1v) is 9.21. The van der Waals surface area contributed by atoms with Crippen LogP contribution in [0.1, 0.15) is 43.5 Å². The number of carbonyl (C=O) groups excluding carboxylic acids is 1. The molecule has 0 bridgehead atoms. The Hall–Kier alpha value is -1.36. The summed E-state index contributed by atoms with van der Waals surface area (Å²) in [5.74, 6) is 0.566. The largest absolute Gasteiger partial charge is 0.331 e. The summed E-state index contributed by atoms with van der Waals surface area (Å²) in [6.45, 7) is 10.6. The number of rotatable bonds is 2. The molecule has 0 unspecified atom stereocenters. The fourth-order valence-corrected chi connectivity index (χ4v) is 4.24. The first kappa shape index (κ1) is 17.0. The van der Waals surface area contributed by atoms with E-state index in [4.69, 9.17) is 0 Å². The van der Waals surface area contributed by atoms with E-state index in [1.165, 1.54) is 11.1 Å². The third-order valence-electron chi connectivity index (χ3n) is 4.62. The van der Waals surface area contributed by atoms with Crippen LogP contribution < -0.4 is 5.32 Å². The normalized spacial score (nSPS) is 26.6. The molecule has 0 aromatic heterocycles. The molecule has 122 valence electrons. The summed E-state index contributed by atoms with van der Waals surface area (Å²) in [4.78, 5) is 14.4. The maximum absolute atomic E-state index is 12.6. The number of benzene rings is 1. The highest BCUT2D eigenvalue weighted by Gasteiger charge is 2.33. The maximum Gasteiger partial charge on any atom is 0.318 e. The Bertz CT molecular complexity index is 588. The zero-order valence-electron chi connectivity index (χ0n) is 14.1. The summed E-state index contributed by atoms with van der Waals surface area (Å²) in [7, 11) is -0.829. The summed E-state index contributed by atoms with van der Waals surface area (Å²) in [6, 6.07) is 6.18. The second kappa shape index (κ2) is 6.82. The van der Waals surface area contributed by atoms with Crippen LogP contribution in [0.15, 0.2) is 18.2 Å². The topological polar surface area (TPSA) is 49.4 Å². The summed E-state index contributed by atoms with van der Waals surface area (Å²) >= 11 is 0. The number of hydrogen-bond donors (Lipinski definition) is 1. The molecule has 22 heavy (non-hydrogen) atoms. The molecule has 1 aromatic rings. The predicted molar refractivity (Wildman–Crippen MR) is 91.5 cm³/mol. The number of aryl methyl sites for hydroxylation is 2. The van der Waals surface area contributed by atoms with E-state index in [1.807, 2.05) is 25.7 Å². The summed E-state index contributed by atoms with van der Waals surface area (Å²) in [5, 5.41) is 3.11.